The highest BCUT2D eigenvalue weighted by atomic mass is 16.3. The first-order chi connectivity index (χ1) is 11.3. The molecule has 0 unspecified atom stereocenters. The smallest absolute Gasteiger partial charge is 0.240 e. The number of aliphatic hydroxyl groups excluding tert-OH is 2. The molecule has 3 fully saturated rings. The number of rotatable bonds is 2. The highest BCUT2D eigenvalue weighted by Crippen LogP contribution is 2.29. The van der Waals surface area contributed by atoms with Gasteiger partial charge in [0.2, 0.25) is 23.6 Å². The second-order valence-corrected chi connectivity index (χ2v) is 6.49. The Bertz CT molecular complexity index is 500. The van der Waals surface area contributed by atoms with Crippen LogP contribution in [0.3, 0.4) is 0 Å². The van der Waals surface area contributed by atoms with Crippen molar-refractivity contribution < 1.29 is 29.4 Å². The molecule has 2 saturated heterocycles. The number of nitrogens with zero attached hydrogens (tertiary/aromatic N) is 2. The first kappa shape index (κ1) is 17.0. The summed E-state index contributed by atoms with van der Waals surface area (Å²) >= 11 is 0. The summed E-state index contributed by atoms with van der Waals surface area (Å²) in [5, 5.41) is 24.4. The third-order valence-electron chi connectivity index (χ3n) is 4.74. The predicted octanol–water partition coefficient (Wildman–Crippen LogP) is -3.84. The van der Waals surface area contributed by atoms with E-state index in [1.807, 2.05) is 0 Å². The van der Waals surface area contributed by atoms with Gasteiger partial charge >= 0.3 is 0 Å². The fourth-order valence-electron chi connectivity index (χ4n) is 3.70. The van der Waals surface area contributed by atoms with E-state index in [0.29, 0.717) is 0 Å². The number of carbonyl (C=O) groups is 4. The molecule has 3 aliphatic rings. The lowest BCUT2D eigenvalue weighted by Gasteiger charge is -2.48. The lowest BCUT2D eigenvalue weighted by atomic mass is 9.83. The van der Waals surface area contributed by atoms with Crippen molar-refractivity contribution in [1.82, 2.24) is 20.4 Å². The monoisotopic (exact) mass is 340 g/mol. The van der Waals surface area contributed by atoms with Crippen molar-refractivity contribution in [1.29, 1.82) is 0 Å². The molecular weight excluding hydrogens is 320 g/mol. The van der Waals surface area contributed by atoms with E-state index < -0.39 is 47.9 Å². The summed E-state index contributed by atoms with van der Waals surface area (Å²) in [7, 11) is 0. The van der Waals surface area contributed by atoms with Gasteiger partial charge in [0.1, 0.15) is 0 Å². The maximum atomic E-state index is 11.6. The van der Waals surface area contributed by atoms with Crippen LogP contribution in [0.4, 0.5) is 0 Å². The lowest BCUT2D eigenvalue weighted by molar-refractivity contribution is -0.146. The Morgan fingerprint density at radius 3 is 1.25 bits per heavy atom. The van der Waals surface area contributed by atoms with Gasteiger partial charge in [0.05, 0.1) is 38.4 Å². The van der Waals surface area contributed by atoms with Crippen LogP contribution in [0.2, 0.25) is 0 Å². The van der Waals surface area contributed by atoms with Gasteiger partial charge in [-0.2, -0.15) is 0 Å². The molecule has 0 aromatic carbocycles. The minimum Gasteiger partial charge on any atom is -0.390 e. The summed E-state index contributed by atoms with van der Waals surface area (Å²) in [6.45, 7) is -0.0409. The predicted molar refractivity (Wildman–Crippen MR) is 78.3 cm³/mol. The van der Waals surface area contributed by atoms with Gasteiger partial charge in [-0.1, -0.05) is 0 Å². The van der Waals surface area contributed by atoms with Crippen LogP contribution < -0.4 is 10.6 Å². The Morgan fingerprint density at radius 1 is 0.667 bits per heavy atom. The van der Waals surface area contributed by atoms with Crippen LogP contribution in [-0.4, -0.2) is 94.1 Å². The van der Waals surface area contributed by atoms with Crippen LogP contribution in [0.15, 0.2) is 0 Å². The van der Waals surface area contributed by atoms with Gasteiger partial charge < -0.3 is 10.2 Å². The average Bonchev–Trinajstić information content (AvgIpc) is 2.47. The average molecular weight is 340 g/mol. The van der Waals surface area contributed by atoms with E-state index >= 15 is 0 Å². The molecule has 132 valence electrons. The zero-order chi connectivity index (χ0) is 17.4. The molecule has 3 rings (SSSR count). The van der Waals surface area contributed by atoms with E-state index in [4.69, 9.17) is 0 Å². The summed E-state index contributed by atoms with van der Waals surface area (Å²) in [5.41, 5.74) is 0. The first-order valence-corrected chi connectivity index (χ1v) is 7.83. The number of imide groups is 2. The van der Waals surface area contributed by atoms with Crippen molar-refractivity contribution in [2.75, 3.05) is 26.2 Å². The molecule has 24 heavy (non-hydrogen) atoms. The van der Waals surface area contributed by atoms with E-state index in [9.17, 15) is 29.4 Å². The minimum absolute atomic E-state index is 0.0102. The summed E-state index contributed by atoms with van der Waals surface area (Å²) in [4.78, 5) is 49.8. The second-order valence-electron chi connectivity index (χ2n) is 6.49. The molecule has 0 radical (unpaired) electrons. The third kappa shape index (κ3) is 3.46. The molecule has 0 bridgehead atoms. The zero-order valence-corrected chi connectivity index (χ0v) is 13.0. The number of amides is 4. The first-order valence-electron chi connectivity index (χ1n) is 7.83. The SMILES string of the molecule is O=C1CN([C@H]2C[C@H](O)[C@@H](O)C[C@@H]2N2CC(=O)NC(=O)C2)CC(=O)N1. The summed E-state index contributed by atoms with van der Waals surface area (Å²) in [6.07, 6.45) is -1.67. The fourth-order valence-corrected chi connectivity index (χ4v) is 3.70. The Kier molecular flexibility index (Phi) is 4.63. The van der Waals surface area contributed by atoms with E-state index in [-0.39, 0.29) is 39.0 Å². The number of hydrogen-bond acceptors (Lipinski definition) is 8. The van der Waals surface area contributed by atoms with Gasteiger partial charge in [-0.25, -0.2) is 0 Å². The molecule has 10 heteroatoms. The van der Waals surface area contributed by atoms with Gasteiger partial charge in [-0.15, -0.1) is 0 Å². The van der Waals surface area contributed by atoms with Gasteiger partial charge in [0, 0.05) is 12.1 Å². The van der Waals surface area contributed by atoms with E-state index in [1.165, 1.54) is 0 Å². The Balaban J connectivity index is 1.82. The maximum Gasteiger partial charge on any atom is 0.240 e. The zero-order valence-electron chi connectivity index (χ0n) is 13.0. The van der Waals surface area contributed by atoms with E-state index in [1.54, 1.807) is 9.80 Å². The molecule has 2 heterocycles. The fraction of sp³-hybridized carbons (Fsp3) is 0.714. The highest BCUT2D eigenvalue weighted by Gasteiger charge is 2.44. The maximum absolute atomic E-state index is 11.6. The minimum atomic E-state index is -0.986. The molecule has 4 atom stereocenters. The van der Waals surface area contributed by atoms with Gasteiger partial charge in [-0.3, -0.25) is 39.6 Å². The molecule has 0 aromatic heterocycles. The quantitative estimate of drug-likeness (QED) is 0.375. The molecule has 4 amide bonds. The number of piperazine rings is 2. The summed E-state index contributed by atoms with van der Waals surface area (Å²) < 4.78 is 0. The Morgan fingerprint density at radius 2 is 0.958 bits per heavy atom. The highest BCUT2D eigenvalue weighted by molar-refractivity contribution is 6.00. The van der Waals surface area contributed by atoms with Crippen LogP contribution in [0.25, 0.3) is 0 Å². The van der Waals surface area contributed by atoms with Crippen molar-refractivity contribution in [3.63, 3.8) is 0 Å². The van der Waals surface area contributed by atoms with Gasteiger partial charge in [0.25, 0.3) is 0 Å². The number of nitrogens with one attached hydrogen (secondary N) is 2. The largest absolute Gasteiger partial charge is 0.390 e. The lowest BCUT2D eigenvalue weighted by Crippen LogP contribution is -2.66. The van der Waals surface area contributed by atoms with Crippen LogP contribution in [-0.2, 0) is 19.2 Å². The van der Waals surface area contributed by atoms with E-state index in [2.05, 4.69) is 10.6 Å². The van der Waals surface area contributed by atoms with Crippen molar-refractivity contribution in [3.05, 3.63) is 0 Å². The van der Waals surface area contributed by atoms with Crippen molar-refractivity contribution in [2.45, 2.75) is 37.1 Å². The molecule has 2 aliphatic heterocycles. The number of hydrogen-bond donors (Lipinski definition) is 4. The standard InChI is InChI=1S/C14H20N4O6/c19-9-1-7(17-3-11(21)15-12(22)4-17)8(2-10(9)20)18-5-13(23)16-14(24)6-18/h7-10,19-20H,1-6H2,(H,15,21,22)(H,16,23,24)/t7-,8-,9-,10-/m0/s1. The molecule has 0 aromatic rings. The number of carbonyl (C=O) groups excluding carboxylic acids is 4. The molecule has 4 N–H and O–H groups in total. The van der Waals surface area contributed by atoms with Crippen LogP contribution in [0, 0.1) is 0 Å². The van der Waals surface area contributed by atoms with Gasteiger partial charge in [0.15, 0.2) is 0 Å². The van der Waals surface area contributed by atoms with Crippen molar-refractivity contribution in [3.8, 4) is 0 Å². The molecule has 0 spiro atoms. The molecular formula is C14H20N4O6. The van der Waals surface area contributed by atoms with E-state index in [0.717, 1.165) is 0 Å². The Labute approximate surface area is 137 Å². The van der Waals surface area contributed by atoms with Gasteiger partial charge in [-0.05, 0) is 12.8 Å². The van der Waals surface area contributed by atoms with Crippen molar-refractivity contribution >= 4 is 23.6 Å². The second kappa shape index (κ2) is 6.55. The summed E-state index contributed by atoms with van der Waals surface area (Å²) in [5.74, 6) is -1.73. The molecule has 1 saturated carbocycles. The Hall–Kier alpha value is -1.88. The molecule has 1 aliphatic carbocycles. The topological polar surface area (TPSA) is 139 Å². The summed E-state index contributed by atoms with van der Waals surface area (Å²) in [6, 6.07) is -0.839. The number of aliphatic hydroxyl groups is 2. The van der Waals surface area contributed by atoms with Crippen molar-refractivity contribution in [2.24, 2.45) is 0 Å². The molecule has 10 nitrogen and oxygen atoms in total. The van der Waals surface area contributed by atoms with Crippen LogP contribution >= 0.6 is 0 Å². The normalized spacial score (nSPS) is 36.4. The van der Waals surface area contributed by atoms with Crippen LogP contribution in [0.5, 0.6) is 0 Å². The third-order valence-corrected chi connectivity index (χ3v) is 4.74. The van der Waals surface area contributed by atoms with Crippen LogP contribution in [0.1, 0.15) is 12.8 Å².